The van der Waals surface area contributed by atoms with Crippen molar-refractivity contribution < 1.29 is 24.2 Å². The first-order valence-electron chi connectivity index (χ1n) is 19.1. The van der Waals surface area contributed by atoms with Gasteiger partial charge in [0.05, 0.1) is 11.6 Å². The summed E-state index contributed by atoms with van der Waals surface area (Å²) >= 11 is 0. The highest BCUT2D eigenvalue weighted by Crippen LogP contribution is 2.57. The van der Waals surface area contributed by atoms with Gasteiger partial charge in [0.25, 0.3) is 0 Å². The molecule has 2 aliphatic heterocycles. The summed E-state index contributed by atoms with van der Waals surface area (Å²) < 4.78 is 7.36. The van der Waals surface area contributed by atoms with Gasteiger partial charge in [-0.05, 0) is 104 Å². The smallest absolute Gasteiger partial charge is 0.234 e. The van der Waals surface area contributed by atoms with E-state index >= 15 is 0 Å². The molecular weight excluding hydrogens is 709 g/mol. The topological polar surface area (TPSA) is 96.3 Å². The molecule has 0 bridgehead atoms. The molecule has 0 aromatic heterocycles. The van der Waals surface area contributed by atoms with Crippen molar-refractivity contribution in [1.82, 2.24) is 0 Å². The number of carbonyl (C=O) groups is 3. The van der Waals surface area contributed by atoms with Gasteiger partial charge in [-0.3, -0.25) is 19.4 Å². The molecule has 8 aromatic rings. The highest BCUT2D eigenvalue weighted by atomic mass is 16.5. The number of aliphatic hydroxyl groups excluding tert-OH is 1. The van der Waals surface area contributed by atoms with Crippen LogP contribution in [0.25, 0.3) is 65.3 Å². The Balaban J connectivity index is 1.13. The Morgan fingerprint density at radius 2 is 1.23 bits per heavy atom. The van der Waals surface area contributed by atoms with Crippen LogP contribution in [0.5, 0.6) is 5.75 Å². The van der Waals surface area contributed by atoms with Gasteiger partial charge in [-0.2, -0.15) is 0 Å². The molecule has 12 rings (SSSR count). The highest BCUT2D eigenvalue weighted by molar-refractivity contribution is 6.57. The fourth-order valence-electron chi connectivity index (χ4n) is 10.3. The second-order valence-electron chi connectivity index (χ2n) is 16.2. The van der Waals surface area contributed by atoms with Crippen molar-refractivity contribution in [1.29, 1.82) is 0 Å². The van der Waals surface area contributed by atoms with E-state index in [1.807, 2.05) is 54.7 Å². The van der Waals surface area contributed by atoms with E-state index in [4.69, 9.17) is 9.73 Å². The van der Waals surface area contributed by atoms with E-state index in [2.05, 4.69) is 86.5 Å². The summed E-state index contributed by atoms with van der Waals surface area (Å²) in [5, 5.41) is 17.8. The number of benzene rings is 8. The zero-order valence-corrected chi connectivity index (χ0v) is 31.2. The summed E-state index contributed by atoms with van der Waals surface area (Å²) in [6, 6.07) is 39.9. The first-order chi connectivity index (χ1) is 27.6. The molecule has 1 spiro atoms. The van der Waals surface area contributed by atoms with Gasteiger partial charge in [-0.1, -0.05) is 91.0 Å². The van der Waals surface area contributed by atoms with Gasteiger partial charge in [0.15, 0.2) is 11.5 Å². The molecule has 2 heterocycles. The minimum Gasteiger partial charge on any atom is -0.459 e. The first-order valence-corrected chi connectivity index (χ1v) is 19.1. The van der Waals surface area contributed by atoms with Crippen molar-refractivity contribution in [2.45, 2.75) is 31.1 Å². The standard InChI is InChI=1S/C50H32N2O5/c1-49(2)39-12-4-5-13-40(39)52(3)50(49)24-51-43-31-16-14-25(27-18-20-35-41-29(27)8-6-10-33(41)44(53)46(35)55)22-37(31)38-23-26(15-17-32(38)48(43)57-50)28-19-21-36-42-30(28)9-7-11-34(42)45(54)47(36)56/h4-24,44,53H,1-3H3. The molecule has 7 heteroatoms. The van der Waals surface area contributed by atoms with Crippen LogP contribution in [0.1, 0.15) is 62.2 Å². The van der Waals surface area contributed by atoms with Crippen LogP contribution in [0.2, 0.25) is 0 Å². The maximum atomic E-state index is 13.0. The third-order valence-electron chi connectivity index (χ3n) is 13.2. The molecular formula is C50H32N2O5. The Morgan fingerprint density at radius 3 is 1.96 bits per heavy atom. The van der Waals surface area contributed by atoms with Gasteiger partial charge in [-0.15, -0.1) is 0 Å². The SMILES string of the molecule is CN1c2ccccc2C(C)(C)C12C=Nc1c(c3ccc(-c4ccc5c6c(cccc46)C(=O)C5=O)cc3c3cc(-c4ccc5c6c(cccc46)C(O)C5=O)ccc13)O2. The van der Waals surface area contributed by atoms with Crippen molar-refractivity contribution in [3.63, 3.8) is 0 Å². The number of fused-ring (bicyclic) bond motifs is 7. The Kier molecular flexibility index (Phi) is 6.04. The number of rotatable bonds is 2. The fraction of sp³-hybridized carbons (Fsp3) is 0.120. The van der Waals surface area contributed by atoms with Gasteiger partial charge >= 0.3 is 0 Å². The summed E-state index contributed by atoms with van der Waals surface area (Å²) in [5.74, 6) is -0.511. The van der Waals surface area contributed by atoms with Crippen LogP contribution in [0, 0.1) is 0 Å². The van der Waals surface area contributed by atoms with E-state index in [0.717, 1.165) is 71.3 Å². The summed E-state index contributed by atoms with van der Waals surface area (Å²) in [7, 11) is 2.06. The number of hydrogen-bond donors (Lipinski definition) is 1. The van der Waals surface area contributed by atoms with Crippen LogP contribution in [0.3, 0.4) is 0 Å². The Bertz CT molecular complexity index is 3280. The van der Waals surface area contributed by atoms with E-state index in [-0.39, 0.29) is 5.78 Å². The normalized spacial score (nSPS) is 19.8. The molecule has 0 saturated heterocycles. The van der Waals surface area contributed by atoms with Gasteiger partial charge in [0.2, 0.25) is 17.3 Å². The molecule has 2 unspecified atom stereocenters. The maximum absolute atomic E-state index is 13.0. The van der Waals surface area contributed by atoms with Crippen LogP contribution in [0.15, 0.2) is 126 Å². The number of para-hydroxylation sites is 1. The Morgan fingerprint density at radius 1 is 0.614 bits per heavy atom. The predicted octanol–water partition coefficient (Wildman–Crippen LogP) is 10.5. The van der Waals surface area contributed by atoms with Gasteiger partial charge in [0.1, 0.15) is 11.8 Å². The molecule has 0 radical (unpaired) electrons. The van der Waals surface area contributed by atoms with Crippen LogP contribution in [-0.2, 0) is 5.41 Å². The molecule has 2 aliphatic carbocycles. The first kappa shape index (κ1) is 32.3. The summed E-state index contributed by atoms with van der Waals surface area (Å²) in [6.07, 6.45) is 0.799. The van der Waals surface area contributed by atoms with E-state index in [0.29, 0.717) is 33.4 Å². The Hall–Kier alpha value is -6.96. The lowest BCUT2D eigenvalue weighted by Gasteiger charge is -2.45. The molecule has 8 aromatic carbocycles. The number of ether oxygens (including phenoxy) is 1. The lowest BCUT2D eigenvalue weighted by atomic mass is 9.77. The van der Waals surface area contributed by atoms with E-state index in [1.54, 1.807) is 12.1 Å². The van der Waals surface area contributed by atoms with Gasteiger partial charge in [-0.25, -0.2) is 0 Å². The number of aliphatic imine (C=N–C) groups is 1. The van der Waals surface area contributed by atoms with Crippen molar-refractivity contribution in [2.24, 2.45) is 4.99 Å². The number of aliphatic hydroxyl groups is 1. The second kappa shape index (κ2) is 10.7. The molecule has 1 N–H and O–H groups in total. The predicted molar refractivity (Wildman–Crippen MR) is 225 cm³/mol. The average molecular weight is 741 g/mol. The number of ketones is 3. The lowest BCUT2D eigenvalue weighted by Crippen LogP contribution is -2.61. The quantitative estimate of drug-likeness (QED) is 0.140. The van der Waals surface area contributed by atoms with E-state index in [1.165, 1.54) is 5.56 Å². The number of anilines is 1. The Labute approximate surface area is 326 Å². The lowest BCUT2D eigenvalue weighted by molar-refractivity contribution is 0.0766. The van der Waals surface area contributed by atoms with Gasteiger partial charge in [0, 0.05) is 45.6 Å². The monoisotopic (exact) mass is 740 g/mol. The molecule has 0 fully saturated rings. The van der Waals surface area contributed by atoms with Crippen molar-refractivity contribution in [2.75, 3.05) is 11.9 Å². The summed E-state index contributed by atoms with van der Waals surface area (Å²) in [5.41, 5.74) is 7.50. The van der Waals surface area contributed by atoms with E-state index in [9.17, 15) is 19.5 Å². The minimum atomic E-state index is -1.16. The van der Waals surface area contributed by atoms with Crippen molar-refractivity contribution in [3.05, 3.63) is 149 Å². The number of Topliss-reactive ketones (excluding diaryl/α,β-unsaturated/α-hetero) is 3. The summed E-state index contributed by atoms with van der Waals surface area (Å²) in [6.45, 7) is 4.41. The number of carbonyl (C=O) groups excluding carboxylic acids is 3. The largest absolute Gasteiger partial charge is 0.459 e. The van der Waals surface area contributed by atoms with Crippen molar-refractivity contribution in [3.8, 4) is 28.0 Å². The molecule has 0 saturated carbocycles. The van der Waals surface area contributed by atoms with Crippen molar-refractivity contribution >= 4 is 78.0 Å². The maximum Gasteiger partial charge on any atom is 0.234 e. The molecule has 57 heavy (non-hydrogen) atoms. The average Bonchev–Trinajstić information content (AvgIpc) is 3.71. The summed E-state index contributed by atoms with van der Waals surface area (Å²) in [4.78, 5) is 46.3. The highest BCUT2D eigenvalue weighted by Gasteiger charge is 2.58. The minimum absolute atomic E-state index is 0.275. The third-order valence-corrected chi connectivity index (χ3v) is 13.2. The fourth-order valence-corrected chi connectivity index (χ4v) is 10.3. The zero-order chi connectivity index (χ0) is 38.7. The van der Waals surface area contributed by atoms with Crippen LogP contribution in [0.4, 0.5) is 11.4 Å². The molecule has 7 nitrogen and oxygen atoms in total. The second-order valence-corrected chi connectivity index (χ2v) is 16.2. The van der Waals surface area contributed by atoms with Crippen LogP contribution < -0.4 is 9.64 Å². The molecule has 272 valence electrons. The van der Waals surface area contributed by atoms with Crippen LogP contribution >= 0.6 is 0 Å². The molecule has 4 aliphatic rings. The number of hydrogen-bond acceptors (Lipinski definition) is 7. The zero-order valence-electron chi connectivity index (χ0n) is 31.2. The number of likely N-dealkylation sites (N-methyl/N-ethyl adjacent to an activating group) is 1. The third kappa shape index (κ3) is 3.84. The molecule has 2 atom stereocenters. The van der Waals surface area contributed by atoms with E-state index < -0.39 is 28.8 Å². The number of nitrogens with zero attached hydrogens (tertiary/aromatic N) is 2. The van der Waals surface area contributed by atoms with Crippen LogP contribution in [-0.4, -0.2) is 41.4 Å². The van der Waals surface area contributed by atoms with Gasteiger partial charge < -0.3 is 14.7 Å². The molecule has 0 amide bonds.